The molecule has 0 spiro atoms. The van der Waals surface area contributed by atoms with Crippen LogP contribution in [0.25, 0.3) is 0 Å². The fourth-order valence-electron chi connectivity index (χ4n) is 2.21. The number of rotatable bonds is 4. The molecule has 0 bridgehead atoms. The van der Waals surface area contributed by atoms with Crippen LogP contribution in [0.5, 0.6) is 11.5 Å². The SMILES string of the molecule is CCC(CC)C(=O)c1ccc2c(c1)OCCCO2. The smallest absolute Gasteiger partial charge is 0.166 e. The van der Waals surface area contributed by atoms with E-state index in [4.69, 9.17) is 9.47 Å². The summed E-state index contributed by atoms with van der Waals surface area (Å²) in [5, 5.41) is 0. The standard InChI is InChI=1S/C15H20O3/c1-3-11(4-2)15(16)12-6-7-13-14(10-12)18-9-5-8-17-13/h6-7,10-11H,3-5,8-9H2,1-2H3. The van der Waals surface area contributed by atoms with Gasteiger partial charge in [0.2, 0.25) is 0 Å². The number of benzene rings is 1. The van der Waals surface area contributed by atoms with Gasteiger partial charge >= 0.3 is 0 Å². The van der Waals surface area contributed by atoms with Gasteiger partial charge in [-0.05, 0) is 31.0 Å². The zero-order valence-corrected chi connectivity index (χ0v) is 11.1. The Morgan fingerprint density at radius 1 is 1.17 bits per heavy atom. The molecule has 0 N–H and O–H groups in total. The average molecular weight is 248 g/mol. The van der Waals surface area contributed by atoms with Crippen LogP contribution >= 0.6 is 0 Å². The molecule has 0 saturated carbocycles. The summed E-state index contributed by atoms with van der Waals surface area (Å²) in [6.45, 7) is 5.42. The molecule has 0 fully saturated rings. The molecule has 0 saturated heterocycles. The molecule has 18 heavy (non-hydrogen) atoms. The molecular weight excluding hydrogens is 228 g/mol. The number of ketones is 1. The first-order valence-electron chi connectivity index (χ1n) is 6.70. The quantitative estimate of drug-likeness (QED) is 0.765. The van der Waals surface area contributed by atoms with E-state index in [1.54, 1.807) is 0 Å². The number of hydrogen-bond donors (Lipinski definition) is 0. The summed E-state index contributed by atoms with van der Waals surface area (Å²) in [6.07, 6.45) is 2.64. The molecule has 1 aliphatic rings. The molecule has 1 aromatic rings. The van der Waals surface area contributed by atoms with Crippen molar-refractivity contribution in [1.29, 1.82) is 0 Å². The summed E-state index contributed by atoms with van der Waals surface area (Å²) in [6, 6.07) is 5.51. The van der Waals surface area contributed by atoms with E-state index in [0.717, 1.165) is 30.6 Å². The summed E-state index contributed by atoms with van der Waals surface area (Å²) >= 11 is 0. The Morgan fingerprint density at radius 3 is 2.50 bits per heavy atom. The number of ether oxygens (including phenoxy) is 2. The van der Waals surface area contributed by atoms with Crippen molar-refractivity contribution in [3.63, 3.8) is 0 Å². The number of fused-ring (bicyclic) bond motifs is 1. The maximum absolute atomic E-state index is 12.3. The topological polar surface area (TPSA) is 35.5 Å². The highest BCUT2D eigenvalue weighted by molar-refractivity contribution is 5.98. The second kappa shape index (κ2) is 5.89. The van der Waals surface area contributed by atoms with Crippen molar-refractivity contribution >= 4 is 5.78 Å². The van der Waals surface area contributed by atoms with Crippen LogP contribution < -0.4 is 9.47 Å². The largest absolute Gasteiger partial charge is 0.490 e. The second-order valence-corrected chi connectivity index (χ2v) is 4.59. The molecule has 3 nitrogen and oxygen atoms in total. The molecule has 1 aliphatic heterocycles. The summed E-state index contributed by atoms with van der Waals surface area (Å²) in [5.74, 6) is 1.75. The number of carbonyl (C=O) groups excluding carboxylic acids is 1. The number of carbonyl (C=O) groups is 1. The first-order valence-corrected chi connectivity index (χ1v) is 6.70. The zero-order chi connectivity index (χ0) is 13.0. The van der Waals surface area contributed by atoms with Gasteiger partial charge in [-0.15, -0.1) is 0 Å². The van der Waals surface area contributed by atoms with Crippen molar-refractivity contribution in [2.45, 2.75) is 33.1 Å². The maximum atomic E-state index is 12.3. The van der Waals surface area contributed by atoms with Crippen molar-refractivity contribution in [2.75, 3.05) is 13.2 Å². The third-order valence-electron chi connectivity index (χ3n) is 3.39. The molecule has 1 aromatic carbocycles. The maximum Gasteiger partial charge on any atom is 0.166 e. The summed E-state index contributed by atoms with van der Waals surface area (Å²) in [7, 11) is 0. The van der Waals surface area contributed by atoms with E-state index >= 15 is 0 Å². The van der Waals surface area contributed by atoms with Crippen molar-refractivity contribution in [1.82, 2.24) is 0 Å². The fourth-order valence-corrected chi connectivity index (χ4v) is 2.21. The van der Waals surface area contributed by atoms with E-state index < -0.39 is 0 Å². The Labute approximate surface area is 108 Å². The highest BCUT2D eigenvalue weighted by Crippen LogP contribution is 2.31. The van der Waals surface area contributed by atoms with Crippen molar-refractivity contribution in [3.8, 4) is 11.5 Å². The number of Topliss-reactive ketones (excluding diaryl/α,β-unsaturated/α-hetero) is 1. The van der Waals surface area contributed by atoms with E-state index in [2.05, 4.69) is 13.8 Å². The first-order chi connectivity index (χ1) is 8.76. The van der Waals surface area contributed by atoms with Crippen LogP contribution in [-0.4, -0.2) is 19.0 Å². The molecule has 0 atom stereocenters. The Hall–Kier alpha value is -1.51. The molecule has 1 heterocycles. The average Bonchev–Trinajstić information content (AvgIpc) is 2.64. The van der Waals surface area contributed by atoms with Gasteiger partial charge in [-0.1, -0.05) is 13.8 Å². The molecule has 0 amide bonds. The van der Waals surface area contributed by atoms with Gasteiger partial charge in [0.05, 0.1) is 13.2 Å². The summed E-state index contributed by atoms with van der Waals surface area (Å²) in [5.41, 5.74) is 0.730. The first kappa shape index (κ1) is 12.9. The highest BCUT2D eigenvalue weighted by Gasteiger charge is 2.19. The van der Waals surface area contributed by atoms with Crippen LogP contribution in [0.3, 0.4) is 0 Å². The van der Waals surface area contributed by atoms with Crippen LogP contribution in [-0.2, 0) is 0 Å². The van der Waals surface area contributed by atoms with Gasteiger partial charge < -0.3 is 9.47 Å². The minimum atomic E-state index is 0.106. The molecule has 98 valence electrons. The number of hydrogen-bond acceptors (Lipinski definition) is 3. The lowest BCUT2D eigenvalue weighted by Gasteiger charge is -2.13. The van der Waals surface area contributed by atoms with Crippen LogP contribution in [0, 0.1) is 5.92 Å². The van der Waals surface area contributed by atoms with E-state index in [9.17, 15) is 4.79 Å². The minimum absolute atomic E-state index is 0.106. The second-order valence-electron chi connectivity index (χ2n) is 4.59. The molecular formula is C15H20O3. The summed E-state index contributed by atoms with van der Waals surface area (Å²) in [4.78, 5) is 12.3. The summed E-state index contributed by atoms with van der Waals surface area (Å²) < 4.78 is 11.2. The van der Waals surface area contributed by atoms with Crippen LogP contribution in [0.15, 0.2) is 18.2 Å². The third kappa shape index (κ3) is 2.66. The van der Waals surface area contributed by atoms with Gasteiger partial charge in [-0.2, -0.15) is 0 Å². The van der Waals surface area contributed by atoms with Gasteiger partial charge in [0.1, 0.15) is 0 Å². The monoisotopic (exact) mass is 248 g/mol. The van der Waals surface area contributed by atoms with Gasteiger partial charge in [0.25, 0.3) is 0 Å². The molecule has 0 radical (unpaired) electrons. The van der Waals surface area contributed by atoms with Crippen LogP contribution in [0.4, 0.5) is 0 Å². The van der Waals surface area contributed by atoms with Crippen molar-refractivity contribution in [3.05, 3.63) is 23.8 Å². The zero-order valence-electron chi connectivity index (χ0n) is 11.1. The van der Waals surface area contributed by atoms with Crippen LogP contribution in [0.1, 0.15) is 43.5 Å². The van der Waals surface area contributed by atoms with Gasteiger partial charge in [-0.25, -0.2) is 0 Å². The molecule has 3 heteroatoms. The van der Waals surface area contributed by atoms with Gasteiger partial charge in [0.15, 0.2) is 17.3 Å². The molecule has 0 aromatic heterocycles. The fraction of sp³-hybridized carbons (Fsp3) is 0.533. The van der Waals surface area contributed by atoms with Gasteiger partial charge in [-0.3, -0.25) is 4.79 Å². The lowest BCUT2D eigenvalue weighted by atomic mass is 9.93. The molecule has 2 rings (SSSR count). The Kier molecular flexibility index (Phi) is 4.24. The minimum Gasteiger partial charge on any atom is -0.490 e. The predicted molar refractivity (Wildman–Crippen MR) is 70.5 cm³/mol. The van der Waals surface area contributed by atoms with E-state index in [1.165, 1.54) is 0 Å². The van der Waals surface area contributed by atoms with Gasteiger partial charge in [0, 0.05) is 17.9 Å². The third-order valence-corrected chi connectivity index (χ3v) is 3.39. The van der Waals surface area contributed by atoms with Crippen molar-refractivity contribution in [2.24, 2.45) is 5.92 Å². The predicted octanol–water partition coefficient (Wildman–Crippen LogP) is 3.47. The van der Waals surface area contributed by atoms with E-state index in [1.807, 2.05) is 18.2 Å². The Balaban J connectivity index is 2.24. The Morgan fingerprint density at radius 2 is 1.83 bits per heavy atom. The highest BCUT2D eigenvalue weighted by atomic mass is 16.5. The normalized spacial score (nSPS) is 14.4. The lowest BCUT2D eigenvalue weighted by Crippen LogP contribution is -2.13. The van der Waals surface area contributed by atoms with Crippen molar-refractivity contribution < 1.29 is 14.3 Å². The van der Waals surface area contributed by atoms with E-state index in [0.29, 0.717) is 19.0 Å². The van der Waals surface area contributed by atoms with E-state index in [-0.39, 0.29) is 11.7 Å². The molecule has 0 unspecified atom stereocenters. The Bertz CT molecular complexity index is 422. The van der Waals surface area contributed by atoms with Crippen LogP contribution in [0.2, 0.25) is 0 Å². The molecule has 0 aliphatic carbocycles. The lowest BCUT2D eigenvalue weighted by molar-refractivity contribution is 0.0913.